The Hall–Kier alpha value is -1.20. The van der Waals surface area contributed by atoms with Crippen LogP contribution in [-0.2, 0) is 4.79 Å². The molecule has 1 aliphatic rings. The molecule has 0 aliphatic carbocycles. The lowest BCUT2D eigenvalue weighted by atomic mass is 10.1. The van der Waals surface area contributed by atoms with E-state index in [1.807, 2.05) is 11.8 Å². The van der Waals surface area contributed by atoms with Gasteiger partial charge in [0.15, 0.2) is 6.10 Å². The molecule has 0 radical (unpaired) electrons. The molecule has 0 amide bonds. The molecule has 0 saturated carbocycles. The second-order valence-corrected chi connectivity index (χ2v) is 5.43. The fourth-order valence-electron chi connectivity index (χ4n) is 1.92. The Morgan fingerprint density at radius 2 is 2.00 bits per heavy atom. The molecular formula is C13H16O4S. The molecule has 4 nitrogen and oxygen atoms in total. The number of rotatable bonds is 4. The van der Waals surface area contributed by atoms with Crippen molar-refractivity contribution in [3.05, 3.63) is 29.8 Å². The van der Waals surface area contributed by atoms with Crippen LogP contribution < -0.4 is 4.74 Å². The van der Waals surface area contributed by atoms with Crippen LogP contribution >= 0.6 is 11.8 Å². The highest BCUT2D eigenvalue weighted by Crippen LogP contribution is 2.29. The number of benzene rings is 1. The molecule has 1 saturated heterocycles. The lowest BCUT2D eigenvalue weighted by Crippen LogP contribution is -2.23. The third-order valence-corrected chi connectivity index (χ3v) is 3.96. The maximum absolute atomic E-state index is 10.8. The van der Waals surface area contributed by atoms with Crippen molar-refractivity contribution in [1.82, 2.24) is 0 Å². The van der Waals surface area contributed by atoms with Crippen molar-refractivity contribution in [3.63, 3.8) is 0 Å². The van der Waals surface area contributed by atoms with Gasteiger partial charge in [-0.15, -0.1) is 0 Å². The van der Waals surface area contributed by atoms with E-state index >= 15 is 0 Å². The van der Waals surface area contributed by atoms with Gasteiger partial charge in [-0.25, -0.2) is 4.79 Å². The summed E-state index contributed by atoms with van der Waals surface area (Å²) in [6.45, 7) is 0. The average Bonchev–Trinajstić information content (AvgIpc) is 2.39. The van der Waals surface area contributed by atoms with Gasteiger partial charge in [-0.2, -0.15) is 11.8 Å². The van der Waals surface area contributed by atoms with Crippen LogP contribution in [0, 0.1) is 0 Å². The van der Waals surface area contributed by atoms with Gasteiger partial charge in [0.25, 0.3) is 0 Å². The highest BCUT2D eigenvalue weighted by atomic mass is 32.2. The van der Waals surface area contributed by atoms with E-state index in [2.05, 4.69) is 0 Å². The minimum atomic E-state index is -1.53. The fraction of sp³-hybridized carbons (Fsp3) is 0.462. The van der Waals surface area contributed by atoms with Crippen LogP contribution in [0.2, 0.25) is 0 Å². The lowest BCUT2D eigenvalue weighted by molar-refractivity contribution is -0.147. The number of aliphatic hydroxyl groups excluding tert-OH is 1. The average molecular weight is 268 g/mol. The molecule has 1 heterocycles. The molecule has 1 atom stereocenters. The zero-order valence-corrected chi connectivity index (χ0v) is 10.7. The van der Waals surface area contributed by atoms with E-state index in [9.17, 15) is 9.90 Å². The number of hydrogen-bond donors (Lipinski definition) is 2. The first-order chi connectivity index (χ1) is 8.68. The maximum atomic E-state index is 10.8. The van der Waals surface area contributed by atoms with E-state index in [4.69, 9.17) is 9.84 Å². The molecular weight excluding hydrogens is 252 g/mol. The van der Waals surface area contributed by atoms with E-state index in [0.29, 0.717) is 11.3 Å². The number of hydrogen-bond acceptors (Lipinski definition) is 4. The predicted molar refractivity (Wildman–Crippen MR) is 70.0 cm³/mol. The highest BCUT2D eigenvalue weighted by Gasteiger charge is 2.22. The van der Waals surface area contributed by atoms with Gasteiger partial charge in [-0.1, -0.05) is 18.2 Å². The van der Waals surface area contributed by atoms with Gasteiger partial charge in [-0.3, -0.25) is 0 Å². The van der Waals surface area contributed by atoms with Crippen LogP contribution in [-0.4, -0.2) is 33.8 Å². The zero-order valence-electron chi connectivity index (χ0n) is 9.91. The Labute approximate surface area is 110 Å². The number of carbonyl (C=O) groups is 1. The molecule has 18 heavy (non-hydrogen) atoms. The Kier molecular flexibility index (Phi) is 4.49. The molecule has 1 aromatic rings. The maximum Gasteiger partial charge on any atom is 0.337 e. The first-order valence-corrected chi connectivity index (χ1v) is 7.08. The van der Waals surface area contributed by atoms with Gasteiger partial charge >= 0.3 is 5.97 Å². The molecule has 98 valence electrons. The standard InChI is InChI=1S/C13H16O4S/c14-12(13(15)16)10-3-1-2-4-11(10)17-9-5-7-18-8-6-9/h1-4,9,12,14H,5-8H2,(H,15,16). The summed E-state index contributed by atoms with van der Waals surface area (Å²) in [5, 5.41) is 18.5. The monoisotopic (exact) mass is 268 g/mol. The van der Waals surface area contributed by atoms with E-state index in [1.165, 1.54) is 0 Å². The normalized spacial score (nSPS) is 18.3. The number of carboxylic acids is 1. The SMILES string of the molecule is O=C(O)C(O)c1ccccc1OC1CCSCC1. The fourth-order valence-corrected chi connectivity index (χ4v) is 2.98. The first kappa shape index (κ1) is 13.2. The quantitative estimate of drug-likeness (QED) is 0.875. The van der Waals surface area contributed by atoms with E-state index in [1.54, 1.807) is 24.3 Å². The molecule has 0 bridgehead atoms. The summed E-state index contributed by atoms with van der Waals surface area (Å²) in [6, 6.07) is 6.78. The molecule has 5 heteroatoms. The van der Waals surface area contributed by atoms with Gasteiger partial charge in [0, 0.05) is 5.56 Å². The van der Waals surface area contributed by atoms with Crippen molar-refractivity contribution in [2.75, 3.05) is 11.5 Å². The number of carboxylic acid groups (broad SMARTS) is 1. The van der Waals surface area contributed by atoms with E-state index in [0.717, 1.165) is 24.3 Å². The van der Waals surface area contributed by atoms with Gasteiger partial charge in [0.05, 0.1) is 0 Å². The van der Waals surface area contributed by atoms with Crippen LogP contribution in [0.4, 0.5) is 0 Å². The summed E-state index contributed by atoms with van der Waals surface area (Å²) >= 11 is 1.90. The molecule has 0 spiro atoms. The molecule has 0 aromatic heterocycles. The van der Waals surface area contributed by atoms with Crippen molar-refractivity contribution < 1.29 is 19.7 Å². The third-order valence-electron chi connectivity index (χ3n) is 2.91. The first-order valence-electron chi connectivity index (χ1n) is 5.92. The number of para-hydroxylation sites is 1. The van der Waals surface area contributed by atoms with Crippen molar-refractivity contribution in [2.24, 2.45) is 0 Å². The highest BCUT2D eigenvalue weighted by molar-refractivity contribution is 7.99. The molecule has 1 fully saturated rings. The minimum absolute atomic E-state index is 0.119. The van der Waals surface area contributed by atoms with Crippen molar-refractivity contribution >= 4 is 17.7 Å². The summed E-state index contributed by atoms with van der Waals surface area (Å²) < 4.78 is 5.82. The summed E-state index contributed by atoms with van der Waals surface area (Å²) in [6.07, 6.45) is 0.511. The summed E-state index contributed by atoms with van der Waals surface area (Å²) in [4.78, 5) is 10.8. The van der Waals surface area contributed by atoms with E-state index in [-0.39, 0.29) is 6.10 Å². The second kappa shape index (κ2) is 6.11. The molecule has 1 aliphatic heterocycles. The van der Waals surface area contributed by atoms with Crippen LogP contribution in [0.1, 0.15) is 24.5 Å². The Bertz CT molecular complexity index is 415. The Balaban J connectivity index is 2.13. The summed E-state index contributed by atoms with van der Waals surface area (Å²) in [5.74, 6) is 1.34. The van der Waals surface area contributed by atoms with Crippen molar-refractivity contribution in [3.8, 4) is 5.75 Å². The van der Waals surface area contributed by atoms with Gasteiger partial charge in [-0.05, 0) is 30.4 Å². The van der Waals surface area contributed by atoms with Crippen molar-refractivity contribution in [2.45, 2.75) is 25.0 Å². The topological polar surface area (TPSA) is 66.8 Å². The van der Waals surface area contributed by atoms with E-state index < -0.39 is 12.1 Å². The smallest absolute Gasteiger partial charge is 0.337 e. The molecule has 2 rings (SSSR count). The third kappa shape index (κ3) is 3.17. The van der Waals surface area contributed by atoms with Gasteiger partial charge < -0.3 is 14.9 Å². The van der Waals surface area contributed by atoms with Crippen LogP contribution in [0.3, 0.4) is 0 Å². The van der Waals surface area contributed by atoms with Gasteiger partial charge in [0.1, 0.15) is 11.9 Å². The molecule has 2 N–H and O–H groups in total. The Morgan fingerprint density at radius 1 is 1.33 bits per heavy atom. The number of thioether (sulfide) groups is 1. The second-order valence-electron chi connectivity index (χ2n) is 4.21. The van der Waals surface area contributed by atoms with Crippen molar-refractivity contribution in [1.29, 1.82) is 0 Å². The lowest BCUT2D eigenvalue weighted by Gasteiger charge is -2.24. The number of aliphatic hydroxyl groups is 1. The number of ether oxygens (including phenoxy) is 1. The predicted octanol–water partition coefficient (Wildman–Crippen LogP) is 2.08. The molecule has 1 aromatic carbocycles. The zero-order chi connectivity index (χ0) is 13.0. The van der Waals surface area contributed by atoms with Gasteiger partial charge in [0.2, 0.25) is 0 Å². The summed E-state index contributed by atoms with van der Waals surface area (Å²) in [5.41, 5.74) is 0.322. The summed E-state index contributed by atoms with van der Waals surface area (Å²) in [7, 11) is 0. The largest absolute Gasteiger partial charge is 0.490 e. The van der Waals surface area contributed by atoms with Crippen LogP contribution in [0.5, 0.6) is 5.75 Å². The minimum Gasteiger partial charge on any atom is -0.490 e. The number of aliphatic carboxylic acids is 1. The van der Waals surface area contributed by atoms with Crippen LogP contribution in [0.15, 0.2) is 24.3 Å². The molecule has 1 unspecified atom stereocenters. The van der Waals surface area contributed by atoms with Crippen LogP contribution in [0.25, 0.3) is 0 Å². The Morgan fingerprint density at radius 3 is 2.67 bits per heavy atom.